The molecule has 1 amide bonds. The van der Waals surface area contributed by atoms with Crippen molar-refractivity contribution in [1.82, 2.24) is 14.9 Å². The maximum Gasteiger partial charge on any atom is 0.328 e. The first-order chi connectivity index (χ1) is 8.34. The number of nitrogens with zero attached hydrogens (tertiary/aromatic N) is 1. The standard InChI is InChI=1S/C11H17N3O4/c1-11(2,7-15)6-12-9(17)5-14-4-3-8(16)13-10(14)18/h3-4,15H,5-7H2,1-2H3,(H,12,17)(H,13,16,18). The van der Waals surface area contributed by atoms with E-state index >= 15 is 0 Å². The molecule has 1 heterocycles. The summed E-state index contributed by atoms with van der Waals surface area (Å²) in [5.41, 5.74) is -1.54. The van der Waals surface area contributed by atoms with Crippen LogP contribution in [0.3, 0.4) is 0 Å². The van der Waals surface area contributed by atoms with Crippen LogP contribution >= 0.6 is 0 Å². The molecule has 3 N–H and O–H groups in total. The predicted molar refractivity (Wildman–Crippen MR) is 65.2 cm³/mol. The third-order valence-electron chi connectivity index (χ3n) is 2.40. The van der Waals surface area contributed by atoms with Gasteiger partial charge in [0.1, 0.15) is 6.54 Å². The molecule has 0 bridgehead atoms. The lowest BCUT2D eigenvalue weighted by Crippen LogP contribution is -2.40. The number of aliphatic hydroxyl groups excluding tert-OH is 1. The lowest BCUT2D eigenvalue weighted by atomic mass is 9.95. The summed E-state index contributed by atoms with van der Waals surface area (Å²) in [7, 11) is 0. The van der Waals surface area contributed by atoms with Crippen LogP contribution in [-0.2, 0) is 11.3 Å². The highest BCUT2D eigenvalue weighted by molar-refractivity contribution is 5.75. The maximum atomic E-state index is 11.6. The second-order valence-corrected chi connectivity index (χ2v) is 4.84. The summed E-state index contributed by atoms with van der Waals surface area (Å²) in [6.45, 7) is 3.70. The SMILES string of the molecule is CC(C)(CO)CNC(=O)Cn1ccc(=O)[nH]c1=O. The Balaban J connectivity index is 2.60. The van der Waals surface area contributed by atoms with Crippen LogP contribution in [0.2, 0.25) is 0 Å². The van der Waals surface area contributed by atoms with Gasteiger partial charge in [0.05, 0.1) is 0 Å². The zero-order valence-corrected chi connectivity index (χ0v) is 10.4. The molecule has 0 unspecified atom stereocenters. The Kier molecular flexibility index (Phi) is 4.43. The molecule has 0 saturated heterocycles. The fourth-order valence-corrected chi connectivity index (χ4v) is 1.17. The van der Waals surface area contributed by atoms with Crippen molar-refractivity contribution in [3.05, 3.63) is 33.1 Å². The maximum absolute atomic E-state index is 11.6. The van der Waals surface area contributed by atoms with Crippen molar-refractivity contribution < 1.29 is 9.90 Å². The van der Waals surface area contributed by atoms with E-state index in [4.69, 9.17) is 5.11 Å². The molecule has 0 aliphatic carbocycles. The van der Waals surface area contributed by atoms with E-state index in [1.54, 1.807) is 13.8 Å². The Hall–Kier alpha value is -1.89. The number of aromatic amines is 1. The fourth-order valence-electron chi connectivity index (χ4n) is 1.17. The van der Waals surface area contributed by atoms with Crippen LogP contribution in [-0.4, -0.2) is 33.7 Å². The van der Waals surface area contributed by atoms with E-state index in [1.807, 2.05) is 0 Å². The molecule has 0 spiro atoms. The highest BCUT2D eigenvalue weighted by atomic mass is 16.3. The molecule has 0 saturated carbocycles. The van der Waals surface area contributed by atoms with Crippen molar-refractivity contribution in [2.45, 2.75) is 20.4 Å². The molecular formula is C11H17N3O4. The molecule has 7 nitrogen and oxygen atoms in total. The van der Waals surface area contributed by atoms with Crippen LogP contribution in [0.15, 0.2) is 21.9 Å². The first-order valence-electron chi connectivity index (χ1n) is 5.51. The number of carbonyl (C=O) groups is 1. The Morgan fingerprint density at radius 2 is 2.17 bits per heavy atom. The highest BCUT2D eigenvalue weighted by Crippen LogP contribution is 2.10. The Labute approximate surface area is 103 Å². The van der Waals surface area contributed by atoms with E-state index in [9.17, 15) is 14.4 Å². The van der Waals surface area contributed by atoms with Gasteiger partial charge in [0.25, 0.3) is 5.56 Å². The van der Waals surface area contributed by atoms with Crippen molar-refractivity contribution in [2.24, 2.45) is 5.41 Å². The molecule has 1 aromatic heterocycles. The molecule has 0 aliphatic rings. The van der Waals surface area contributed by atoms with Gasteiger partial charge in [-0.1, -0.05) is 13.8 Å². The molecule has 0 atom stereocenters. The molecule has 18 heavy (non-hydrogen) atoms. The molecule has 0 aromatic carbocycles. The molecule has 100 valence electrons. The fraction of sp³-hybridized carbons (Fsp3) is 0.545. The van der Waals surface area contributed by atoms with Gasteiger partial charge in [-0.05, 0) is 0 Å². The van der Waals surface area contributed by atoms with Gasteiger partial charge in [-0.3, -0.25) is 19.1 Å². The lowest BCUT2D eigenvalue weighted by molar-refractivity contribution is -0.122. The average molecular weight is 255 g/mol. The Morgan fingerprint density at radius 1 is 1.50 bits per heavy atom. The summed E-state index contributed by atoms with van der Waals surface area (Å²) < 4.78 is 1.10. The molecule has 0 aliphatic heterocycles. The molecule has 0 radical (unpaired) electrons. The molecule has 0 fully saturated rings. The van der Waals surface area contributed by atoms with Crippen molar-refractivity contribution in [2.75, 3.05) is 13.2 Å². The Bertz CT molecular complexity index is 530. The zero-order valence-electron chi connectivity index (χ0n) is 10.4. The second kappa shape index (κ2) is 5.63. The number of rotatable bonds is 5. The minimum atomic E-state index is -0.626. The lowest BCUT2D eigenvalue weighted by Gasteiger charge is -2.21. The van der Waals surface area contributed by atoms with Gasteiger partial charge < -0.3 is 10.4 Å². The summed E-state index contributed by atoms with van der Waals surface area (Å²) >= 11 is 0. The smallest absolute Gasteiger partial charge is 0.328 e. The predicted octanol–water partition coefficient (Wildman–Crippen LogP) is -1.33. The van der Waals surface area contributed by atoms with Crippen LogP contribution in [0, 0.1) is 5.41 Å². The van der Waals surface area contributed by atoms with Gasteiger partial charge in [0.2, 0.25) is 5.91 Å². The average Bonchev–Trinajstić information content (AvgIpc) is 2.30. The van der Waals surface area contributed by atoms with E-state index in [2.05, 4.69) is 10.3 Å². The Morgan fingerprint density at radius 3 is 2.72 bits per heavy atom. The van der Waals surface area contributed by atoms with Crippen molar-refractivity contribution >= 4 is 5.91 Å². The number of hydrogen-bond donors (Lipinski definition) is 3. The van der Waals surface area contributed by atoms with Crippen LogP contribution in [0.1, 0.15) is 13.8 Å². The van der Waals surface area contributed by atoms with Crippen LogP contribution < -0.4 is 16.6 Å². The monoisotopic (exact) mass is 255 g/mol. The van der Waals surface area contributed by atoms with Gasteiger partial charge in [-0.25, -0.2) is 4.79 Å². The number of H-pyrrole nitrogens is 1. The van der Waals surface area contributed by atoms with E-state index in [1.165, 1.54) is 12.3 Å². The first kappa shape index (κ1) is 14.2. The third kappa shape index (κ3) is 4.17. The summed E-state index contributed by atoms with van der Waals surface area (Å²) in [5.74, 6) is -0.356. The summed E-state index contributed by atoms with van der Waals surface area (Å²) in [6.07, 6.45) is 1.26. The van der Waals surface area contributed by atoms with Crippen molar-refractivity contribution in [3.63, 3.8) is 0 Å². The number of aromatic nitrogens is 2. The topological polar surface area (TPSA) is 104 Å². The number of amides is 1. The van der Waals surface area contributed by atoms with Crippen molar-refractivity contribution in [1.29, 1.82) is 0 Å². The van der Waals surface area contributed by atoms with E-state index in [0.29, 0.717) is 6.54 Å². The number of aliphatic hydroxyl groups is 1. The van der Waals surface area contributed by atoms with Crippen LogP contribution in [0.4, 0.5) is 0 Å². The highest BCUT2D eigenvalue weighted by Gasteiger charge is 2.17. The van der Waals surface area contributed by atoms with E-state index in [-0.39, 0.29) is 19.1 Å². The van der Waals surface area contributed by atoms with Gasteiger partial charge >= 0.3 is 5.69 Å². The molecule has 1 rings (SSSR count). The minimum absolute atomic E-state index is 0.0497. The first-order valence-corrected chi connectivity index (χ1v) is 5.51. The minimum Gasteiger partial charge on any atom is -0.396 e. The largest absolute Gasteiger partial charge is 0.396 e. The number of nitrogens with one attached hydrogen (secondary N) is 2. The van der Waals surface area contributed by atoms with Crippen LogP contribution in [0.25, 0.3) is 0 Å². The van der Waals surface area contributed by atoms with Gasteiger partial charge in [0, 0.05) is 30.8 Å². The summed E-state index contributed by atoms with van der Waals surface area (Å²) in [6, 6.07) is 1.17. The van der Waals surface area contributed by atoms with Gasteiger partial charge in [-0.2, -0.15) is 0 Å². The van der Waals surface area contributed by atoms with E-state index in [0.717, 1.165) is 4.57 Å². The zero-order chi connectivity index (χ0) is 13.8. The number of hydrogen-bond acceptors (Lipinski definition) is 4. The molecule has 1 aromatic rings. The van der Waals surface area contributed by atoms with Gasteiger partial charge in [-0.15, -0.1) is 0 Å². The molecular weight excluding hydrogens is 238 g/mol. The molecule has 7 heteroatoms. The second-order valence-electron chi connectivity index (χ2n) is 4.84. The number of carbonyl (C=O) groups excluding carboxylic acids is 1. The summed E-state index contributed by atoms with van der Waals surface area (Å²) in [5, 5.41) is 11.6. The summed E-state index contributed by atoms with van der Waals surface area (Å²) in [4.78, 5) is 35.8. The van der Waals surface area contributed by atoms with E-state index < -0.39 is 16.7 Å². The van der Waals surface area contributed by atoms with Crippen LogP contribution in [0.5, 0.6) is 0 Å². The quantitative estimate of drug-likeness (QED) is 0.606. The normalized spacial score (nSPS) is 11.3. The van der Waals surface area contributed by atoms with Gasteiger partial charge in [0.15, 0.2) is 0 Å². The third-order valence-corrected chi connectivity index (χ3v) is 2.40. The van der Waals surface area contributed by atoms with Crippen molar-refractivity contribution in [3.8, 4) is 0 Å².